The third kappa shape index (κ3) is 3.63. The van der Waals surface area contributed by atoms with Gasteiger partial charge in [-0.3, -0.25) is 4.90 Å². The largest absolute Gasteiger partial charge is 0.294 e. The fourth-order valence-electron chi connectivity index (χ4n) is 2.31. The fraction of sp³-hybridized carbons (Fsp3) is 0.235. The van der Waals surface area contributed by atoms with Crippen molar-refractivity contribution in [3.05, 3.63) is 64.9 Å². The summed E-state index contributed by atoms with van der Waals surface area (Å²) >= 11 is 1.48. The second-order valence-electron chi connectivity index (χ2n) is 5.48. The molecule has 124 valence electrons. The quantitative estimate of drug-likeness (QED) is 0.698. The Morgan fingerprint density at radius 3 is 2.62 bits per heavy atom. The summed E-state index contributed by atoms with van der Waals surface area (Å²) in [6.07, 6.45) is 3.36. The van der Waals surface area contributed by atoms with E-state index in [0.717, 1.165) is 22.3 Å². The molecule has 4 nitrogen and oxygen atoms in total. The highest BCUT2D eigenvalue weighted by Crippen LogP contribution is 2.25. The second kappa shape index (κ2) is 7.11. The van der Waals surface area contributed by atoms with Gasteiger partial charge in [-0.15, -0.1) is 11.3 Å². The SMILES string of the molecule is C[C@@H](c1ccc(F)c(F)c1)N(C)Cc1csc(-c2ncccn2)n1. The molecular weight excluding hydrogens is 330 g/mol. The van der Waals surface area contributed by atoms with Gasteiger partial charge in [0.1, 0.15) is 0 Å². The molecule has 2 heterocycles. The van der Waals surface area contributed by atoms with Gasteiger partial charge in [-0.05, 0) is 37.7 Å². The van der Waals surface area contributed by atoms with Gasteiger partial charge in [0.15, 0.2) is 22.5 Å². The van der Waals surface area contributed by atoms with Crippen LogP contribution in [0, 0.1) is 11.6 Å². The molecule has 0 saturated carbocycles. The Bertz CT molecular complexity index is 822. The van der Waals surface area contributed by atoms with Crippen LogP contribution in [0.5, 0.6) is 0 Å². The summed E-state index contributed by atoms with van der Waals surface area (Å²) in [6.45, 7) is 2.53. The lowest BCUT2D eigenvalue weighted by molar-refractivity contribution is 0.250. The van der Waals surface area contributed by atoms with Gasteiger partial charge in [0.05, 0.1) is 5.69 Å². The first kappa shape index (κ1) is 16.6. The highest BCUT2D eigenvalue weighted by Gasteiger charge is 2.16. The molecule has 2 aromatic heterocycles. The molecule has 0 radical (unpaired) electrons. The molecule has 0 amide bonds. The number of halogens is 2. The minimum Gasteiger partial charge on any atom is -0.294 e. The summed E-state index contributed by atoms with van der Waals surface area (Å²) in [5, 5.41) is 2.72. The van der Waals surface area contributed by atoms with Crippen molar-refractivity contribution in [2.24, 2.45) is 0 Å². The van der Waals surface area contributed by atoms with Crippen LogP contribution in [0.15, 0.2) is 42.0 Å². The summed E-state index contributed by atoms with van der Waals surface area (Å²) in [7, 11) is 1.92. The lowest BCUT2D eigenvalue weighted by atomic mass is 10.1. The van der Waals surface area contributed by atoms with Crippen LogP contribution in [0.4, 0.5) is 8.78 Å². The van der Waals surface area contributed by atoms with Crippen molar-refractivity contribution in [2.45, 2.75) is 19.5 Å². The molecule has 1 aromatic carbocycles. The summed E-state index contributed by atoms with van der Waals surface area (Å²) in [4.78, 5) is 14.9. The minimum atomic E-state index is -0.833. The molecule has 0 fully saturated rings. The van der Waals surface area contributed by atoms with Gasteiger partial charge in [0, 0.05) is 30.4 Å². The summed E-state index contributed by atoms with van der Waals surface area (Å²) in [5.41, 5.74) is 1.61. The second-order valence-corrected chi connectivity index (χ2v) is 6.34. The van der Waals surface area contributed by atoms with Crippen molar-refractivity contribution in [3.63, 3.8) is 0 Å². The average molecular weight is 346 g/mol. The molecule has 0 unspecified atom stereocenters. The van der Waals surface area contributed by atoms with E-state index in [4.69, 9.17) is 0 Å². The van der Waals surface area contributed by atoms with Gasteiger partial charge < -0.3 is 0 Å². The highest BCUT2D eigenvalue weighted by molar-refractivity contribution is 7.13. The van der Waals surface area contributed by atoms with E-state index < -0.39 is 11.6 Å². The maximum Gasteiger partial charge on any atom is 0.188 e. The van der Waals surface area contributed by atoms with E-state index in [1.165, 1.54) is 17.4 Å². The average Bonchev–Trinajstić information content (AvgIpc) is 3.06. The van der Waals surface area contributed by atoms with Crippen LogP contribution in [0.25, 0.3) is 10.8 Å². The predicted molar refractivity (Wildman–Crippen MR) is 89.4 cm³/mol. The maximum atomic E-state index is 13.4. The molecule has 0 bridgehead atoms. The van der Waals surface area contributed by atoms with Crippen LogP contribution in [0.3, 0.4) is 0 Å². The van der Waals surface area contributed by atoms with E-state index in [1.807, 2.05) is 24.3 Å². The molecule has 0 aliphatic heterocycles. The molecule has 0 aliphatic rings. The van der Waals surface area contributed by atoms with Gasteiger partial charge in [-0.2, -0.15) is 0 Å². The Hall–Kier alpha value is -2.25. The molecule has 0 N–H and O–H groups in total. The van der Waals surface area contributed by atoms with Crippen molar-refractivity contribution in [2.75, 3.05) is 7.05 Å². The normalized spacial score (nSPS) is 12.5. The molecule has 0 spiro atoms. The molecule has 0 aliphatic carbocycles. The van der Waals surface area contributed by atoms with Crippen LogP contribution >= 0.6 is 11.3 Å². The lowest BCUT2D eigenvalue weighted by Crippen LogP contribution is -2.22. The van der Waals surface area contributed by atoms with Gasteiger partial charge in [-0.1, -0.05) is 6.07 Å². The number of hydrogen-bond acceptors (Lipinski definition) is 5. The maximum absolute atomic E-state index is 13.4. The van der Waals surface area contributed by atoms with Crippen molar-refractivity contribution in [3.8, 4) is 10.8 Å². The third-order valence-electron chi connectivity index (χ3n) is 3.81. The Kier molecular flexibility index (Phi) is 4.92. The Balaban J connectivity index is 1.71. The molecule has 7 heteroatoms. The number of rotatable bonds is 5. The zero-order valence-corrected chi connectivity index (χ0v) is 14.1. The molecule has 0 saturated heterocycles. The van der Waals surface area contributed by atoms with E-state index in [-0.39, 0.29) is 6.04 Å². The summed E-state index contributed by atoms with van der Waals surface area (Å²) < 4.78 is 26.5. The number of thiazole rings is 1. The third-order valence-corrected chi connectivity index (χ3v) is 4.69. The smallest absolute Gasteiger partial charge is 0.188 e. The first-order valence-electron chi connectivity index (χ1n) is 7.41. The van der Waals surface area contributed by atoms with Gasteiger partial charge in [0.2, 0.25) is 0 Å². The van der Waals surface area contributed by atoms with E-state index in [0.29, 0.717) is 12.4 Å². The zero-order valence-electron chi connectivity index (χ0n) is 13.3. The Labute approximate surface area is 142 Å². The standard InChI is InChI=1S/C17H16F2N4S/c1-11(12-4-5-14(18)15(19)8-12)23(2)9-13-10-24-17(22-13)16-20-6-3-7-21-16/h3-8,10-11H,9H2,1-2H3/t11-/m0/s1. The first-order chi connectivity index (χ1) is 11.5. The van der Waals surface area contributed by atoms with E-state index in [1.54, 1.807) is 24.5 Å². The van der Waals surface area contributed by atoms with Crippen molar-refractivity contribution < 1.29 is 8.78 Å². The van der Waals surface area contributed by atoms with E-state index >= 15 is 0 Å². The topological polar surface area (TPSA) is 41.9 Å². The zero-order chi connectivity index (χ0) is 17.1. The molecule has 3 aromatic rings. The van der Waals surface area contributed by atoms with Crippen LogP contribution in [-0.4, -0.2) is 26.9 Å². The number of hydrogen-bond donors (Lipinski definition) is 0. The molecular formula is C17H16F2N4S. The Morgan fingerprint density at radius 2 is 1.92 bits per heavy atom. The number of aromatic nitrogens is 3. The first-order valence-corrected chi connectivity index (χ1v) is 8.29. The fourth-order valence-corrected chi connectivity index (χ4v) is 3.07. The predicted octanol–water partition coefficient (Wildman–Crippen LogP) is 4.07. The summed E-state index contributed by atoms with van der Waals surface area (Å²) in [6, 6.07) is 5.68. The molecule has 1 atom stereocenters. The Morgan fingerprint density at radius 1 is 1.17 bits per heavy atom. The highest BCUT2D eigenvalue weighted by atomic mass is 32.1. The molecule has 24 heavy (non-hydrogen) atoms. The van der Waals surface area contributed by atoms with Crippen LogP contribution in [0.1, 0.15) is 24.2 Å². The minimum absolute atomic E-state index is 0.0711. The monoisotopic (exact) mass is 346 g/mol. The van der Waals surface area contributed by atoms with Crippen molar-refractivity contribution in [1.82, 2.24) is 19.9 Å². The van der Waals surface area contributed by atoms with E-state index in [2.05, 4.69) is 15.0 Å². The summed E-state index contributed by atoms with van der Waals surface area (Å²) in [5.74, 6) is -1.06. The van der Waals surface area contributed by atoms with Gasteiger partial charge in [-0.25, -0.2) is 23.7 Å². The van der Waals surface area contributed by atoms with Crippen LogP contribution < -0.4 is 0 Å². The van der Waals surface area contributed by atoms with Crippen molar-refractivity contribution >= 4 is 11.3 Å². The number of benzene rings is 1. The lowest BCUT2D eigenvalue weighted by Gasteiger charge is -2.24. The van der Waals surface area contributed by atoms with Crippen LogP contribution in [0.2, 0.25) is 0 Å². The van der Waals surface area contributed by atoms with Gasteiger partial charge >= 0.3 is 0 Å². The van der Waals surface area contributed by atoms with Gasteiger partial charge in [0.25, 0.3) is 0 Å². The van der Waals surface area contributed by atoms with E-state index in [9.17, 15) is 8.78 Å². The van der Waals surface area contributed by atoms with Crippen molar-refractivity contribution in [1.29, 1.82) is 0 Å². The van der Waals surface area contributed by atoms with Crippen LogP contribution in [-0.2, 0) is 6.54 Å². The molecule has 3 rings (SSSR count). The number of nitrogens with zero attached hydrogens (tertiary/aromatic N) is 4.